The molecule has 2 N–H and O–H groups in total. The first-order valence-electron chi connectivity index (χ1n) is 8.76. The molecule has 4 nitrogen and oxygen atoms in total. The second kappa shape index (κ2) is 8.56. The Morgan fingerprint density at radius 2 is 1.92 bits per heavy atom. The third kappa shape index (κ3) is 4.65. The molecule has 0 spiro atoms. The monoisotopic (exact) mass is 357 g/mol. The van der Waals surface area contributed by atoms with Gasteiger partial charge in [0.2, 0.25) is 0 Å². The number of carbonyl (C=O) groups excluding carboxylic acids is 1. The van der Waals surface area contributed by atoms with Crippen LogP contribution in [0.4, 0.5) is 20.3 Å². The van der Waals surface area contributed by atoms with Crippen LogP contribution in [0, 0.1) is 11.6 Å². The Balaban J connectivity index is 1.55. The topological polar surface area (TPSA) is 54.0 Å². The molecule has 1 aromatic carbocycles. The summed E-state index contributed by atoms with van der Waals surface area (Å²) in [7, 11) is 0. The largest absolute Gasteiger partial charge is 0.352 e. The number of rotatable bonds is 6. The van der Waals surface area contributed by atoms with Crippen LogP contribution >= 0.6 is 0 Å². The van der Waals surface area contributed by atoms with Crippen molar-refractivity contribution in [2.24, 2.45) is 0 Å². The Morgan fingerprint density at radius 3 is 2.58 bits per heavy atom. The van der Waals surface area contributed by atoms with Gasteiger partial charge in [-0.1, -0.05) is 17.7 Å². The summed E-state index contributed by atoms with van der Waals surface area (Å²) in [6.45, 7) is 0.588. The molecule has 6 heteroatoms. The van der Waals surface area contributed by atoms with Gasteiger partial charge < -0.3 is 10.6 Å². The third-order valence-electron chi connectivity index (χ3n) is 4.36. The summed E-state index contributed by atoms with van der Waals surface area (Å²) in [6, 6.07) is 6.71. The van der Waals surface area contributed by atoms with Crippen molar-refractivity contribution >= 4 is 17.4 Å². The van der Waals surface area contributed by atoms with E-state index < -0.39 is 11.6 Å². The molecule has 1 heterocycles. The maximum atomic E-state index is 13.6. The van der Waals surface area contributed by atoms with Crippen LogP contribution in [0.5, 0.6) is 0 Å². The number of anilines is 2. The van der Waals surface area contributed by atoms with E-state index >= 15 is 0 Å². The Labute approximate surface area is 151 Å². The molecule has 0 fully saturated rings. The summed E-state index contributed by atoms with van der Waals surface area (Å²) in [5, 5.41) is 5.47. The summed E-state index contributed by atoms with van der Waals surface area (Å²) in [5.74, 6) is -1.35. The maximum Gasteiger partial charge on any atom is 0.252 e. The fraction of sp³-hybridized carbons (Fsp3) is 0.300. The summed E-state index contributed by atoms with van der Waals surface area (Å²) >= 11 is 0. The van der Waals surface area contributed by atoms with E-state index in [-0.39, 0.29) is 17.4 Å². The average molecular weight is 357 g/mol. The number of benzene rings is 1. The van der Waals surface area contributed by atoms with Gasteiger partial charge in [-0.25, -0.2) is 13.8 Å². The molecule has 1 aromatic heterocycles. The van der Waals surface area contributed by atoms with Crippen molar-refractivity contribution in [3.63, 3.8) is 0 Å². The first kappa shape index (κ1) is 18.0. The van der Waals surface area contributed by atoms with E-state index in [0.29, 0.717) is 12.1 Å². The van der Waals surface area contributed by atoms with Crippen LogP contribution in [0.25, 0.3) is 0 Å². The number of pyridine rings is 1. The van der Waals surface area contributed by atoms with Gasteiger partial charge in [-0.3, -0.25) is 4.79 Å². The van der Waals surface area contributed by atoms with Crippen LogP contribution in [0.3, 0.4) is 0 Å². The molecule has 0 atom stereocenters. The Morgan fingerprint density at radius 1 is 1.12 bits per heavy atom. The molecule has 0 bridgehead atoms. The van der Waals surface area contributed by atoms with Gasteiger partial charge in [-0.2, -0.15) is 0 Å². The number of hydrogen-bond acceptors (Lipinski definition) is 3. The van der Waals surface area contributed by atoms with Gasteiger partial charge in [0.25, 0.3) is 5.91 Å². The fourth-order valence-electron chi connectivity index (χ4n) is 2.92. The van der Waals surface area contributed by atoms with Crippen molar-refractivity contribution < 1.29 is 13.6 Å². The summed E-state index contributed by atoms with van der Waals surface area (Å²) in [6.07, 6.45) is 9.23. The van der Waals surface area contributed by atoms with Crippen LogP contribution in [-0.4, -0.2) is 17.4 Å². The number of carbonyl (C=O) groups is 1. The molecule has 26 heavy (non-hydrogen) atoms. The molecule has 0 saturated heterocycles. The molecule has 2 aromatic rings. The molecule has 3 rings (SSSR count). The Bertz CT molecular complexity index is 783. The molecule has 1 aliphatic carbocycles. The van der Waals surface area contributed by atoms with Crippen molar-refractivity contribution in [2.45, 2.75) is 32.1 Å². The first-order valence-corrected chi connectivity index (χ1v) is 8.76. The molecular weight excluding hydrogens is 336 g/mol. The van der Waals surface area contributed by atoms with Crippen LogP contribution in [0.1, 0.15) is 42.5 Å². The van der Waals surface area contributed by atoms with E-state index in [1.807, 2.05) is 0 Å². The number of para-hydroxylation sites is 1. The Kier molecular flexibility index (Phi) is 5.94. The quantitative estimate of drug-likeness (QED) is 0.735. The number of halogens is 2. The highest BCUT2D eigenvalue weighted by Gasteiger charge is 2.11. The molecule has 0 aliphatic heterocycles. The lowest BCUT2D eigenvalue weighted by atomic mass is 9.97. The van der Waals surface area contributed by atoms with Crippen LogP contribution in [0.2, 0.25) is 0 Å². The van der Waals surface area contributed by atoms with Gasteiger partial charge in [-0.05, 0) is 56.4 Å². The minimum atomic E-state index is -0.703. The average Bonchev–Trinajstić information content (AvgIpc) is 2.66. The van der Waals surface area contributed by atoms with Gasteiger partial charge in [0.05, 0.1) is 5.56 Å². The van der Waals surface area contributed by atoms with Gasteiger partial charge in [0.15, 0.2) is 0 Å². The molecule has 1 aliphatic rings. The molecule has 0 saturated carbocycles. The number of amides is 1. The van der Waals surface area contributed by atoms with E-state index in [0.717, 1.165) is 31.4 Å². The number of nitrogens with one attached hydrogen (secondary N) is 2. The Hall–Kier alpha value is -2.76. The number of aromatic nitrogens is 1. The normalized spacial score (nSPS) is 13.8. The maximum absolute atomic E-state index is 13.6. The predicted octanol–water partition coefficient (Wildman–Crippen LogP) is 4.72. The van der Waals surface area contributed by atoms with Crippen molar-refractivity contribution in [3.05, 3.63) is 65.4 Å². The van der Waals surface area contributed by atoms with Gasteiger partial charge in [0.1, 0.15) is 23.1 Å². The SMILES string of the molecule is O=C(NCCC1=CCCCC1)c1ccc(Nc2c(F)cccc2F)nc1. The van der Waals surface area contributed by atoms with E-state index in [2.05, 4.69) is 21.7 Å². The smallest absolute Gasteiger partial charge is 0.252 e. The standard InChI is InChI=1S/C20H21F2N3O/c21-16-7-4-8-17(22)19(16)25-18-10-9-15(13-24-18)20(26)23-12-11-14-5-2-1-3-6-14/h4-5,7-10,13H,1-3,6,11-12H2,(H,23,26)(H,24,25). The summed E-state index contributed by atoms with van der Waals surface area (Å²) < 4.78 is 27.3. The summed E-state index contributed by atoms with van der Waals surface area (Å²) in [4.78, 5) is 16.2. The number of hydrogen-bond donors (Lipinski definition) is 2. The minimum Gasteiger partial charge on any atom is -0.352 e. The zero-order valence-electron chi connectivity index (χ0n) is 14.4. The molecule has 136 valence electrons. The second-order valence-electron chi connectivity index (χ2n) is 6.27. The van der Waals surface area contributed by atoms with Gasteiger partial charge >= 0.3 is 0 Å². The lowest BCUT2D eigenvalue weighted by Gasteiger charge is -2.13. The predicted molar refractivity (Wildman–Crippen MR) is 97.4 cm³/mol. The van der Waals surface area contributed by atoms with E-state index in [4.69, 9.17) is 0 Å². The van der Waals surface area contributed by atoms with Gasteiger partial charge in [0, 0.05) is 12.7 Å². The highest BCUT2D eigenvalue weighted by atomic mass is 19.1. The lowest BCUT2D eigenvalue weighted by Crippen LogP contribution is -2.25. The molecule has 0 radical (unpaired) electrons. The zero-order chi connectivity index (χ0) is 18.4. The van der Waals surface area contributed by atoms with Crippen molar-refractivity contribution in [1.82, 2.24) is 10.3 Å². The van der Waals surface area contributed by atoms with Crippen LogP contribution in [-0.2, 0) is 0 Å². The van der Waals surface area contributed by atoms with E-state index in [1.54, 1.807) is 6.07 Å². The van der Waals surface area contributed by atoms with Crippen molar-refractivity contribution in [2.75, 3.05) is 11.9 Å². The third-order valence-corrected chi connectivity index (χ3v) is 4.36. The molecule has 0 unspecified atom stereocenters. The molecule has 1 amide bonds. The van der Waals surface area contributed by atoms with Crippen molar-refractivity contribution in [1.29, 1.82) is 0 Å². The lowest BCUT2D eigenvalue weighted by molar-refractivity contribution is 0.0953. The number of nitrogens with zero attached hydrogens (tertiary/aromatic N) is 1. The highest BCUT2D eigenvalue weighted by molar-refractivity contribution is 5.94. The van der Waals surface area contributed by atoms with Crippen LogP contribution in [0.15, 0.2) is 48.2 Å². The summed E-state index contributed by atoms with van der Waals surface area (Å²) in [5.41, 5.74) is 1.54. The highest BCUT2D eigenvalue weighted by Crippen LogP contribution is 2.22. The molecular formula is C20H21F2N3O. The second-order valence-corrected chi connectivity index (χ2v) is 6.27. The van der Waals surface area contributed by atoms with E-state index in [1.165, 1.54) is 36.7 Å². The minimum absolute atomic E-state index is 0.211. The van der Waals surface area contributed by atoms with Crippen LogP contribution < -0.4 is 10.6 Å². The first-order chi connectivity index (χ1) is 12.6. The van der Waals surface area contributed by atoms with Crippen molar-refractivity contribution in [3.8, 4) is 0 Å². The van der Waals surface area contributed by atoms with Gasteiger partial charge in [-0.15, -0.1) is 0 Å². The fourth-order valence-corrected chi connectivity index (χ4v) is 2.92. The zero-order valence-corrected chi connectivity index (χ0v) is 14.4. The van der Waals surface area contributed by atoms with E-state index in [9.17, 15) is 13.6 Å². The number of allylic oxidation sites excluding steroid dienone is 1.